The highest BCUT2D eigenvalue weighted by Gasteiger charge is 2.08. The van der Waals surface area contributed by atoms with Crippen LogP contribution in [0.3, 0.4) is 0 Å². The topological polar surface area (TPSA) is 37.8 Å². The van der Waals surface area contributed by atoms with Crippen LogP contribution in [0.25, 0.3) is 11.0 Å². The molecule has 0 radical (unpaired) electrons. The Morgan fingerprint density at radius 2 is 2.00 bits per heavy atom. The van der Waals surface area contributed by atoms with Crippen molar-refractivity contribution in [3.63, 3.8) is 0 Å². The molecular weight excluding hydrogens is 304 g/mol. The zero-order chi connectivity index (χ0) is 13.4. The van der Waals surface area contributed by atoms with E-state index in [0.717, 1.165) is 26.6 Å². The molecule has 4 heteroatoms. The molecule has 0 fully saturated rings. The molecule has 3 aromatic rings. The molecule has 0 saturated carbocycles. The fraction of sp³-hybridized carbons (Fsp3) is 0.133. The van der Waals surface area contributed by atoms with Crippen molar-refractivity contribution in [1.82, 2.24) is 9.55 Å². The minimum absolute atomic E-state index is 0.0728. The highest BCUT2D eigenvalue weighted by molar-refractivity contribution is 9.10. The van der Waals surface area contributed by atoms with Gasteiger partial charge in [0, 0.05) is 4.47 Å². The number of imidazole rings is 1. The molecule has 1 heterocycles. The molecule has 2 aromatic carbocycles. The second-order valence-corrected chi connectivity index (χ2v) is 5.48. The Morgan fingerprint density at radius 1 is 1.21 bits per heavy atom. The predicted molar refractivity (Wildman–Crippen MR) is 80.5 cm³/mol. The second-order valence-electron chi connectivity index (χ2n) is 4.63. The minimum Gasteiger partial charge on any atom is -0.306 e. The molecule has 0 unspecified atom stereocenters. The summed E-state index contributed by atoms with van der Waals surface area (Å²) in [6.45, 7) is 2.59. The average molecular weight is 317 g/mol. The van der Waals surface area contributed by atoms with Crippen LogP contribution in [0.4, 0.5) is 0 Å². The van der Waals surface area contributed by atoms with Crippen molar-refractivity contribution < 1.29 is 0 Å². The third-order valence-electron chi connectivity index (χ3n) is 3.22. The summed E-state index contributed by atoms with van der Waals surface area (Å²) >= 11 is 3.52. The number of benzene rings is 2. The van der Waals surface area contributed by atoms with Crippen LogP contribution in [0.1, 0.15) is 11.1 Å². The molecule has 0 atom stereocenters. The number of H-pyrrole nitrogens is 1. The first kappa shape index (κ1) is 12.2. The Balaban J connectivity index is 2.15. The summed E-state index contributed by atoms with van der Waals surface area (Å²) in [5.41, 5.74) is 3.99. The van der Waals surface area contributed by atoms with E-state index in [1.807, 2.05) is 49.4 Å². The van der Waals surface area contributed by atoms with Gasteiger partial charge in [-0.25, -0.2) is 4.79 Å². The Bertz CT molecular complexity index is 801. The van der Waals surface area contributed by atoms with Crippen molar-refractivity contribution in [2.75, 3.05) is 0 Å². The molecule has 3 rings (SSSR count). The molecule has 1 aromatic heterocycles. The summed E-state index contributed by atoms with van der Waals surface area (Å²) in [7, 11) is 0. The highest BCUT2D eigenvalue weighted by Crippen LogP contribution is 2.19. The van der Waals surface area contributed by atoms with Gasteiger partial charge >= 0.3 is 5.69 Å². The van der Waals surface area contributed by atoms with E-state index in [2.05, 4.69) is 20.9 Å². The van der Waals surface area contributed by atoms with Crippen LogP contribution in [0.5, 0.6) is 0 Å². The van der Waals surface area contributed by atoms with E-state index in [0.29, 0.717) is 6.54 Å². The lowest BCUT2D eigenvalue weighted by molar-refractivity contribution is 0.784. The summed E-state index contributed by atoms with van der Waals surface area (Å²) in [5.74, 6) is 0. The molecule has 3 nitrogen and oxygen atoms in total. The monoisotopic (exact) mass is 316 g/mol. The maximum atomic E-state index is 12.1. The maximum Gasteiger partial charge on any atom is 0.326 e. The quantitative estimate of drug-likeness (QED) is 0.772. The molecule has 0 bridgehead atoms. The molecule has 0 aliphatic heterocycles. The van der Waals surface area contributed by atoms with E-state index < -0.39 is 0 Å². The number of nitrogens with zero attached hydrogens (tertiary/aromatic N) is 1. The van der Waals surface area contributed by atoms with Gasteiger partial charge in [-0.1, -0.05) is 40.2 Å². The molecule has 0 aliphatic rings. The van der Waals surface area contributed by atoms with Crippen LogP contribution < -0.4 is 5.69 Å². The highest BCUT2D eigenvalue weighted by atomic mass is 79.9. The van der Waals surface area contributed by atoms with Crippen LogP contribution in [0, 0.1) is 6.92 Å². The number of hydrogen-bond acceptors (Lipinski definition) is 1. The van der Waals surface area contributed by atoms with Gasteiger partial charge in [-0.2, -0.15) is 0 Å². The molecular formula is C15H13BrN2O. The lowest BCUT2D eigenvalue weighted by Crippen LogP contribution is -2.17. The Morgan fingerprint density at radius 3 is 2.79 bits per heavy atom. The number of aromatic nitrogens is 2. The van der Waals surface area contributed by atoms with E-state index in [9.17, 15) is 4.79 Å². The van der Waals surface area contributed by atoms with Gasteiger partial charge in [0.05, 0.1) is 17.6 Å². The van der Waals surface area contributed by atoms with Gasteiger partial charge in [0.2, 0.25) is 0 Å². The number of fused-ring (bicyclic) bond motifs is 1. The van der Waals surface area contributed by atoms with Gasteiger partial charge in [0.25, 0.3) is 0 Å². The zero-order valence-corrected chi connectivity index (χ0v) is 12.1. The van der Waals surface area contributed by atoms with Gasteiger partial charge < -0.3 is 4.98 Å². The van der Waals surface area contributed by atoms with Crippen molar-refractivity contribution in [2.45, 2.75) is 13.5 Å². The third-order valence-corrected chi connectivity index (χ3v) is 3.99. The number of aryl methyl sites for hydroxylation is 1. The van der Waals surface area contributed by atoms with Gasteiger partial charge in [-0.05, 0) is 36.2 Å². The molecule has 19 heavy (non-hydrogen) atoms. The van der Waals surface area contributed by atoms with Crippen LogP contribution in [-0.2, 0) is 6.54 Å². The van der Waals surface area contributed by atoms with Gasteiger partial charge in [-0.3, -0.25) is 4.57 Å². The molecule has 0 spiro atoms. The van der Waals surface area contributed by atoms with Crippen molar-refractivity contribution >= 4 is 27.0 Å². The summed E-state index contributed by atoms with van der Waals surface area (Å²) in [4.78, 5) is 14.9. The van der Waals surface area contributed by atoms with Crippen LogP contribution in [-0.4, -0.2) is 9.55 Å². The Kier molecular flexibility index (Phi) is 3.03. The normalized spacial score (nSPS) is 11.1. The van der Waals surface area contributed by atoms with E-state index in [4.69, 9.17) is 0 Å². The third kappa shape index (κ3) is 2.24. The SMILES string of the molecule is Cc1ccc2[nH]c(=O)n(Cc3ccccc3Br)c2c1. The molecule has 96 valence electrons. The lowest BCUT2D eigenvalue weighted by atomic mass is 10.2. The van der Waals surface area contributed by atoms with Crippen molar-refractivity contribution in [2.24, 2.45) is 0 Å². The summed E-state index contributed by atoms with van der Waals surface area (Å²) in [6, 6.07) is 13.9. The largest absolute Gasteiger partial charge is 0.326 e. The maximum absolute atomic E-state index is 12.1. The molecule has 0 saturated heterocycles. The smallest absolute Gasteiger partial charge is 0.306 e. The number of halogens is 1. The first-order valence-electron chi connectivity index (χ1n) is 6.08. The zero-order valence-electron chi connectivity index (χ0n) is 10.5. The van der Waals surface area contributed by atoms with Gasteiger partial charge in [0.1, 0.15) is 0 Å². The van der Waals surface area contributed by atoms with E-state index >= 15 is 0 Å². The minimum atomic E-state index is -0.0728. The second kappa shape index (κ2) is 4.70. The molecule has 0 aliphatic carbocycles. The Labute approximate surface area is 119 Å². The summed E-state index contributed by atoms with van der Waals surface area (Å²) in [5, 5.41) is 0. The fourth-order valence-corrected chi connectivity index (χ4v) is 2.63. The van der Waals surface area contributed by atoms with Crippen molar-refractivity contribution in [3.05, 3.63) is 68.5 Å². The first-order valence-corrected chi connectivity index (χ1v) is 6.87. The summed E-state index contributed by atoms with van der Waals surface area (Å²) in [6.07, 6.45) is 0. The number of nitrogens with one attached hydrogen (secondary N) is 1. The van der Waals surface area contributed by atoms with E-state index in [1.165, 1.54) is 0 Å². The van der Waals surface area contributed by atoms with Crippen LogP contribution >= 0.6 is 15.9 Å². The average Bonchev–Trinajstić information content (AvgIpc) is 2.69. The predicted octanol–water partition coefficient (Wildman–Crippen LogP) is 3.45. The standard InChI is InChI=1S/C15H13BrN2O/c1-10-6-7-13-14(8-10)18(15(19)17-13)9-11-4-2-3-5-12(11)16/h2-8H,9H2,1H3,(H,17,19). The fourth-order valence-electron chi connectivity index (χ4n) is 2.22. The Hall–Kier alpha value is -1.81. The molecule has 0 amide bonds. The van der Waals surface area contributed by atoms with Crippen LogP contribution in [0.2, 0.25) is 0 Å². The van der Waals surface area contributed by atoms with Gasteiger partial charge in [0.15, 0.2) is 0 Å². The number of rotatable bonds is 2. The number of hydrogen-bond donors (Lipinski definition) is 1. The van der Waals surface area contributed by atoms with Gasteiger partial charge in [-0.15, -0.1) is 0 Å². The molecule has 1 N–H and O–H groups in total. The van der Waals surface area contributed by atoms with E-state index in [1.54, 1.807) is 4.57 Å². The van der Waals surface area contributed by atoms with Crippen LogP contribution in [0.15, 0.2) is 51.7 Å². The first-order chi connectivity index (χ1) is 9.15. The van der Waals surface area contributed by atoms with Crippen molar-refractivity contribution in [3.8, 4) is 0 Å². The van der Waals surface area contributed by atoms with Crippen molar-refractivity contribution in [1.29, 1.82) is 0 Å². The number of aromatic amines is 1. The summed E-state index contributed by atoms with van der Waals surface area (Å²) < 4.78 is 2.78. The van der Waals surface area contributed by atoms with E-state index in [-0.39, 0.29) is 5.69 Å². The lowest BCUT2D eigenvalue weighted by Gasteiger charge is -2.06.